The van der Waals surface area contributed by atoms with Crippen molar-refractivity contribution in [2.75, 3.05) is 11.9 Å². The molecule has 0 radical (unpaired) electrons. The summed E-state index contributed by atoms with van der Waals surface area (Å²) in [4.78, 5) is 7.96. The zero-order valence-corrected chi connectivity index (χ0v) is 7.77. The first-order chi connectivity index (χ1) is 6.33. The van der Waals surface area contributed by atoms with Gasteiger partial charge in [-0.25, -0.2) is 4.98 Å². The van der Waals surface area contributed by atoms with Gasteiger partial charge in [-0.2, -0.15) is 0 Å². The van der Waals surface area contributed by atoms with Gasteiger partial charge in [-0.15, -0.1) is 0 Å². The predicted octanol–water partition coefficient (Wildman–Crippen LogP) is 1.05. The lowest BCUT2D eigenvalue weighted by atomic mass is 10.2. The van der Waals surface area contributed by atoms with E-state index in [1.807, 2.05) is 6.92 Å². The van der Waals surface area contributed by atoms with Crippen LogP contribution in [0.3, 0.4) is 0 Å². The molecule has 0 aliphatic rings. The van der Waals surface area contributed by atoms with Crippen LogP contribution in [0.1, 0.15) is 19.8 Å². The molecule has 1 aromatic rings. The molecule has 0 aromatic carbocycles. The number of anilines is 1. The van der Waals surface area contributed by atoms with E-state index in [0.717, 1.165) is 25.2 Å². The monoisotopic (exact) mass is 181 g/mol. The van der Waals surface area contributed by atoms with Crippen LogP contribution in [0.5, 0.6) is 0 Å². The summed E-state index contributed by atoms with van der Waals surface area (Å²) in [6.07, 6.45) is 6.25. The normalized spacial score (nSPS) is 12.5. The molecule has 1 heterocycles. The first kappa shape index (κ1) is 9.92. The van der Waals surface area contributed by atoms with Crippen molar-refractivity contribution in [3.8, 4) is 0 Å². The third-order valence-corrected chi connectivity index (χ3v) is 1.82. The quantitative estimate of drug-likeness (QED) is 0.712. The Morgan fingerprint density at radius 1 is 1.54 bits per heavy atom. The number of aromatic nitrogens is 2. The highest BCUT2D eigenvalue weighted by atomic mass is 16.3. The fraction of sp³-hybridized carbons (Fsp3) is 0.556. The Hall–Kier alpha value is -1.16. The van der Waals surface area contributed by atoms with E-state index >= 15 is 0 Å². The molecule has 1 rings (SSSR count). The van der Waals surface area contributed by atoms with E-state index in [1.54, 1.807) is 18.6 Å². The molecule has 0 saturated heterocycles. The van der Waals surface area contributed by atoms with Crippen LogP contribution in [0, 0.1) is 0 Å². The van der Waals surface area contributed by atoms with Crippen molar-refractivity contribution >= 4 is 5.82 Å². The Morgan fingerprint density at radius 3 is 3.00 bits per heavy atom. The maximum Gasteiger partial charge on any atom is 0.144 e. The third kappa shape index (κ3) is 3.85. The van der Waals surface area contributed by atoms with Crippen molar-refractivity contribution in [2.24, 2.45) is 0 Å². The number of hydrogen-bond acceptors (Lipinski definition) is 4. The number of hydrogen-bond donors (Lipinski definition) is 2. The average Bonchev–Trinajstić information content (AvgIpc) is 2.19. The second-order valence-electron chi connectivity index (χ2n) is 2.87. The number of aliphatic hydroxyl groups excluding tert-OH is 1. The molecule has 0 fully saturated rings. The molecule has 1 atom stereocenters. The van der Waals surface area contributed by atoms with Crippen LogP contribution in [0.15, 0.2) is 18.6 Å². The van der Waals surface area contributed by atoms with Crippen molar-refractivity contribution in [3.05, 3.63) is 18.6 Å². The van der Waals surface area contributed by atoms with Crippen LogP contribution in [-0.2, 0) is 0 Å². The van der Waals surface area contributed by atoms with E-state index in [4.69, 9.17) is 0 Å². The summed E-state index contributed by atoms with van der Waals surface area (Å²) in [7, 11) is 0. The summed E-state index contributed by atoms with van der Waals surface area (Å²) in [5, 5.41) is 12.3. The molecular weight excluding hydrogens is 166 g/mol. The Bertz CT molecular complexity index is 228. The molecule has 0 bridgehead atoms. The van der Waals surface area contributed by atoms with Gasteiger partial charge in [0.2, 0.25) is 0 Å². The van der Waals surface area contributed by atoms with Crippen LogP contribution in [0.2, 0.25) is 0 Å². The first-order valence-corrected chi connectivity index (χ1v) is 4.51. The van der Waals surface area contributed by atoms with Gasteiger partial charge in [0.25, 0.3) is 0 Å². The Kier molecular flexibility index (Phi) is 4.18. The fourth-order valence-corrected chi connectivity index (χ4v) is 0.961. The lowest BCUT2D eigenvalue weighted by Gasteiger charge is -2.08. The smallest absolute Gasteiger partial charge is 0.144 e. The van der Waals surface area contributed by atoms with E-state index in [0.29, 0.717) is 0 Å². The SMILES string of the molecule is CCC(O)CCNc1cnccn1. The van der Waals surface area contributed by atoms with Crippen molar-refractivity contribution in [3.63, 3.8) is 0 Å². The summed E-state index contributed by atoms with van der Waals surface area (Å²) in [5.41, 5.74) is 0. The predicted molar refractivity (Wildman–Crippen MR) is 51.4 cm³/mol. The van der Waals surface area contributed by atoms with Gasteiger partial charge in [-0.05, 0) is 12.8 Å². The van der Waals surface area contributed by atoms with E-state index in [9.17, 15) is 5.11 Å². The van der Waals surface area contributed by atoms with Crippen molar-refractivity contribution in [1.29, 1.82) is 0 Å². The van der Waals surface area contributed by atoms with Crippen LogP contribution in [0.4, 0.5) is 5.82 Å². The van der Waals surface area contributed by atoms with Gasteiger partial charge < -0.3 is 10.4 Å². The highest BCUT2D eigenvalue weighted by Gasteiger charge is 1.99. The molecule has 2 N–H and O–H groups in total. The first-order valence-electron chi connectivity index (χ1n) is 4.51. The van der Waals surface area contributed by atoms with Gasteiger partial charge in [0.1, 0.15) is 5.82 Å². The number of nitrogens with one attached hydrogen (secondary N) is 1. The minimum absolute atomic E-state index is 0.218. The van der Waals surface area contributed by atoms with E-state index in [1.165, 1.54) is 0 Å². The molecule has 0 amide bonds. The highest BCUT2D eigenvalue weighted by Crippen LogP contribution is 2.00. The summed E-state index contributed by atoms with van der Waals surface area (Å²) in [6.45, 7) is 2.70. The maximum absolute atomic E-state index is 9.26. The molecule has 4 heteroatoms. The molecular formula is C9H15N3O. The molecule has 0 aliphatic carbocycles. The van der Waals surface area contributed by atoms with Gasteiger partial charge in [0.05, 0.1) is 12.3 Å². The molecule has 4 nitrogen and oxygen atoms in total. The molecule has 1 aromatic heterocycles. The number of rotatable bonds is 5. The van der Waals surface area contributed by atoms with Gasteiger partial charge in [0, 0.05) is 18.9 Å². The largest absolute Gasteiger partial charge is 0.393 e. The Morgan fingerprint density at radius 2 is 2.38 bits per heavy atom. The summed E-state index contributed by atoms with van der Waals surface area (Å²) in [6, 6.07) is 0. The lowest BCUT2D eigenvalue weighted by Crippen LogP contribution is -2.12. The van der Waals surface area contributed by atoms with Gasteiger partial charge in [-0.3, -0.25) is 4.98 Å². The van der Waals surface area contributed by atoms with Crippen molar-refractivity contribution in [1.82, 2.24) is 9.97 Å². The van der Waals surface area contributed by atoms with Crippen molar-refractivity contribution in [2.45, 2.75) is 25.9 Å². The molecule has 13 heavy (non-hydrogen) atoms. The summed E-state index contributed by atoms with van der Waals surface area (Å²) < 4.78 is 0. The zero-order chi connectivity index (χ0) is 9.52. The molecule has 72 valence electrons. The number of nitrogens with zero attached hydrogens (tertiary/aromatic N) is 2. The summed E-state index contributed by atoms with van der Waals surface area (Å²) in [5.74, 6) is 0.755. The second-order valence-corrected chi connectivity index (χ2v) is 2.87. The second kappa shape index (κ2) is 5.48. The average molecular weight is 181 g/mol. The van der Waals surface area contributed by atoms with E-state index in [2.05, 4.69) is 15.3 Å². The minimum atomic E-state index is -0.218. The maximum atomic E-state index is 9.26. The molecule has 0 aliphatic heterocycles. The van der Waals surface area contributed by atoms with Crippen LogP contribution >= 0.6 is 0 Å². The minimum Gasteiger partial charge on any atom is -0.393 e. The topological polar surface area (TPSA) is 58.0 Å². The van der Waals surface area contributed by atoms with Crippen LogP contribution in [-0.4, -0.2) is 27.7 Å². The third-order valence-electron chi connectivity index (χ3n) is 1.82. The molecule has 1 unspecified atom stereocenters. The van der Waals surface area contributed by atoms with Gasteiger partial charge in [-0.1, -0.05) is 6.92 Å². The highest BCUT2D eigenvalue weighted by molar-refractivity contribution is 5.29. The zero-order valence-electron chi connectivity index (χ0n) is 7.77. The lowest BCUT2D eigenvalue weighted by molar-refractivity contribution is 0.164. The van der Waals surface area contributed by atoms with Crippen molar-refractivity contribution < 1.29 is 5.11 Å². The fourth-order valence-electron chi connectivity index (χ4n) is 0.961. The number of aliphatic hydroxyl groups is 1. The Labute approximate surface area is 78.0 Å². The van der Waals surface area contributed by atoms with Gasteiger partial charge >= 0.3 is 0 Å². The molecule has 0 spiro atoms. The standard InChI is InChI=1S/C9H15N3O/c1-2-8(13)3-4-11-9-7-10-5-6-12-9/h5-8,13H,2-4H2,1H3,(H,11,12). The van der Waals surface area contributed by atoms with E-state index in [-0.39, 0.29) is 6.10 Å². The van der Waals surface area contributed by atoms with E-state index < -0.39 is 0 Å². The van der Waals surface area contributed by atoms with Gasteiger partial charge in [0.15, 0.2) is 0 Å². The molecule has 0 saturated carbocycles. The van der Waals surface area contributed by atoms with Crippen LogP contribution in [0.25, 0.3) is 0 Å². The summed E-state index contributed by atoms with van der Waals surface area (Å²) >= 11 is 0. The van der Waals surface area contributed by atoms with Crippen LogP contribution < -0.4 is 5.32 Å². The Balaban J connectivity index is 2.20.